The van der Waals surface area contributed by atoms with Crippen LogP contribution in [0.1, 0.15) is 77.7 Å². The number of carbonyl (C=O) groups is 3. The molecule has 0 aromatic heterocycles. The zero-order valence-electron chi connectivity index (χ0n) is 24.1. The zero-order valence-corrected chi connectivity index (χ0v) is 24.1. The van der Waals surface area contributed by atoms with Crippen LogP contribution in [0.5, 0.6) is 0 Å². The summed E-state index contributed by atoms with van der Waals surface area (Å²) in [4.78, 5) is 53.4. The van der Waals surface area contributed by atoms with Crippen molar-refractivity contribution in [3.8, 4) is 0 Å². The van der Waals surface area contributed by atoms with Gasteiger partial charge in [0.2, 0.25) is 5.91 Å². The molecular weight excluding hydrogens is 496 g/mol. The zero-order chi connectivity index (χ0) is 27.9. The van der Waals surface area contributed by atoms with Crippen LogP contribution in [0, 0.1) is 5.92 Å². The number of hydrogen-bond acceptors (Lipinski definition) is 6. The Labute approximate surface area is 233 Å². The van der Waals surface area contributed by atoms with Crippen LogP contribution >= 0.6 is 0 Å². The average molecular weight is 543 g/mol. The Kier molecular flexibility index (Phi) is 10.2. The normalized spacial score (nSPS) is 24.8. The highest BCUT2D eigenvalue weighted by Gasteiger charge is 2.54. The topological polar surface area (TPSA) is 82.6 Å². The van der Waals surface area contributed by atoms with E-state index in [1.807, 2.05) is 49.1 Å². The highest BCUT2D eigenvalue weighted by Crippen LogP contribution is 2.34. The van der Waals surface area contributed by atoms with Crippen LogP contribution in [0.3, 0.4) is 0 Å². The molecule has 0 saturated carbocycles. The summed E-state index contributed by atoms with van der Waals surface area (Å²) in [5.74, 6) is -0.0111. The molecule has 3 fully saturated rings. The number of piperidine rings is 1. The van der Waals surface area contributed by atoms with Crippen molar-refractivity contribution in [2.24, 2.45) is 5.92 Å². The molecule has 1 aromatic rings. The SMILES string of the molecule is CCCCCC[C@H]1C(=O)N(C2CCN(C)CC2)C[C@@H]2N(C(=O)OCc3ccccc3)O[C@H](CC(C)C)C(=O)N21. The fraction of sp³-hybridized carbons (Fsp3) is 0.700. The van der Waals surface area contributed by atoms with Gasteiger partial charge in [0, 0.05) is 6.04 Å². The molecule has 0 aliphatic carbocycles. The van der Waals surface area contributed by atoms with Crippen molar-refractivity contribution < 1.29 is 24.0 Å². The van der Waals surface area contributed by atoms with Gasteiger partial charge in [-0.3, -0.25) is 14.4 Å². The minimum atomic E-state index is -0.827. The van der Waals surface area contributed by atoms with Crippen molar-refractivity contribution in [3.05, 3.63) is 35.9 Å². The fourth-order valence-electron chi connectivity index (χ4n) is 5.96. The summed E-state index contributed by atoms with van der Waals surface area (Å²) >= 11 is 0. The summed E-state index contributed by atoms with van der Waals surface area (Å²) in [5.41, 5.74) is 0.870. The predicted molar refractivity (Wildman–Crippen MR) is 148 cm³/mol. The molecular formula is C30H46N4O5. The third-order valence-electron chi connectivity index (χ3n) is 8.16. The number of likely N-dealkylation sites (tertiary alicyclic amines) is 1. The summed E-state index contributed by atoms with van der Waals surface area (Å²) in [5, 5.41) is 1.25. The smallest absolute Gasteiger partial charge is 0.436 e. The second-order valence-electron chi connectivity index (χ2n) is 11.7. The van der Waals surface area contributed by atoms with E-state index in [0.29, 0.717) is 12.8 Å². The molecule has 0 N–H and O–H groups in total. The summed E-state index contributed by atoms with van der Waals surface area (Å²) in [6.45, 7) is 8.37. The van der Waals surface area contributed by atoms with E-state index in [4.69, 9.17) is 9.57 Å². The lowest BCUT2D eigenvalue weighted by Gasteiger charge is -2.54. The quantitative estimate of drug-likeness (QED) is 0.407. The molecule has 39 heavy (non-hydrogen) atoms. The summed E-state index contributed by atoms with van der Waals surface area (Å²) in [7, 11) is 2.10. The van der Waals surface area contributed by atoms with E-state index in [1.54, 1.807) is 4.90 Å². The van der Waals surface area contributed by atoms with Gasteiger partial charge in [-0.1, -0.05) is 76.8 Å². The Bertz CT molecular complexity index is 965. The van der Waals surface area contributed by atoms with E-state index in [9.17, 15) is 14.4 Å². The summed E-state index contributed by atoms with van der Waals surface area (Å²) < 4.78 is 5.69. The molecule has 1 aromatic carbocycles. The first-order valence-electron chi connectivity index (χ1n) is 14.8. The van der Waals surface area contributed by atoms with Crippen LogP contribution in [-0.2, 0) is 25.8 Å². The van der Waals surface area contributed by atoms with Gasteiger partial charge in [-0.15, -0.1) is 0 Å². The van der Waals surface area contributed by atoms with Crippen LogP contribution in [0.25, 0.3) is 0 Å². The van der Waals surface area contributed by atoms with Crippen LogP contribution < -0.4 is 0 Å². The van der Waals surface area contributed by atoms with E-state index >= 15 is 0 Å². The van der Waals surface area contributed by atoms with Crippen LogP contribution in [0.15, 0.2) is 30.3 Å². The maximum Gasteiger partial charge on any atom is 0.436 e. The number of hydrogen-bond donors (Lipinski definition) is 0. The number of ether oxygens (including phenoxy) is 1. The monoisotopic (exact) mass is 542 g/mol. The van der Waals surface area contributed by atoms with E-state index in [-0.39, 0.29) is 36.9 Å². The van der Waals surface area contributed by atoms with Crippen molar-refractivity contribution in [1.82, 2.24) is 19.8 Å². The fourth-order valence-corrected chi connectivity index (χ4v) is 5.96. The van der Waals surface area contributed by atoms with E-state index in [1.165, 1.54) is 5.06 Å². The van der Waals surface area contributed by atoms with Crippen molar-refractivity contribution in [3.63, 3.8) is 0 Å². The van der Waals surface area contributed by atoms with Gasteiger partial charge in [-0.25, -0.2) is 4.79 Å². The first-order valence-corrected chi connectivity index (χ1v) is 14.8. The number of unbranched alkanes of at least 4 members (excludes halogenated alkanes) is 3. The Hall–Kier alpha value is -2.65. The van der Waals surface area contributed by atoms with Crippen LogP contribution in [-0.4, -0.2) is 88.7 Å². The molecule has 0 radical (unpaired) electrons. The van der Waals surface area contributed by atoms with Gasteiger partial charge in [-0.05, 0) is 57.3 Å². The highest BCUT2D eigenvalue weighted by molar-refractivity contribution is 5.92. The third kappa shape index (κ3) is 7.11. The molecule has 3 amide bonds. The first-order chi connectivity index (χ1) is 18.8. The number of benzene rings is 1. The Morgan fingerprint density at radius 2 is 1.77 bits per heavy atom. The number of carbonyl (C=O) groups excluding carboxylic acids is 3. The Morgan fingerprint density at radius 3 is 2.44 bits per heavy atom. The average Bonchev–Trinajstić information content (AvgIpc) is 2.93. The van der Waals surface area contributed by atoms with Crippen molar-refractivity contribution >= 4 is 17.9 Å². The van der Waals surface area contributed by atoms with Crippen molar-refractivity contribution in [2.75, 3.05) is 26.7 Å². The van der Waals surface area contributed by atoms with E-state index < -0.39 is 24.4 Å². The largest absolute Gasteiger partial charge is 0.443 e. The number of fused-ring (bicyclic) bond motifs is 1. The highest BCUT2D eigenvalue weighted by atomic mass is 16.7. The predicted octanol–water partition coefficient (Wildman–Crippen LogP) is 4.42. The van der Waals surface area contributed by atoms with Gasteiger partial charge in [0.15, 0.2) is 12.3 Å². The summed E-state index contributed by atoms with van der Waals surface area (Å²) in [6.07, 6.45) is 4.69. The molecule has 3 saturated heterocycles. The molecule has 9 heteroatoms. The molecule has 0 bridgehead atoms. The van der Waals surface area contributed by atoms with Gasteiger partial charge in [0.1, 0.15) is 12.6 Å². The third-order valence-corrected chi connectivity index (χ3v) is 8.16. The molecule has 9 nitrogen and oxygen atoms in total. The van der Waals surface area contributed by atoms with Crippen LogP contribution in [0.4, 0.5) is 4.79 Å². The minimum absolute atomic E-state index is 0.00783. The van der Waals surface area contributed by atoms with Crippen molar-refractivity contribution in [1.29, 1.82) is 0 Å². The molecule has 0 unspecified atom stereocenters. The number of piperazine rings is 1. The second kappa shape index (κ2) is 13.6. The van der Waals surface area contributed by atoms with E-state index in [2.05, 4.69) is 18.9 Å². The van der Waals surface area contributed by atoms with Crippen molar-refractivity contribution in [2.45, 2.75) is 103 Å². The molecule has 3 aliphatic heterocycles. The molecule has 0 spiro atoms. The molecule has 4 rings (SSSR count). The number of amides is 3. The Balaban J connectivity index is 1.61. The minimum Gasteiger partial charge on any atom is -0.443 e. The van der Waals surface area contributed by atoms with Gasteiger partial charge < -0.3 is 19.4 Å². The molecule has 216 valence electrons. The number of rotatable bonds is 10. The Morgan fingerprint density at radius 1 is 1.05 bits per heavy atom. The molecule has 3 heterocycles. The van der Waals surface area contributed by atoms with Crippen LogP contribution in [0.2, 0.25) is 0 Å². The summed E-state index contributed by atoms with van der Waals surface area (Å²) in [6, 6.07) is 8.99. The lowest BCUT2D eigenvalue weighted by Crippen LogP contribution is -2.74. The molecule has 3 atom stereocenters. The standard InChI is InChI=1S/C30H46N4O5/c1-5-6-7-11-14-25-28(35)32(24-15-17-31(4)18-16-24)20-27-33(25)29(36)26(19-22(2)3)39-34(27)30(37)38-21-23-12-9-8-10-13-23/h8-10,12-13,22,24-27H,5-7,11,14-21H2,1-4H3/t25-,26+,27-/m0/s1. The van der Waals surface area contributed by atoms with Gasteiger partial charge in [-0.2, -0.15) is 5.06 Å². The number of nitrogens with zero attached hydrogens (tertiary/aromatic N) is 4. The lowest BCUT2D eigenvalue weighted by molar-refractivity contribution is -0.270. The van der Waals surface area contributed by atoms with Gasteiger partial charge >= 0.3 is 6.09 Å². The van der Waals surface area contributed by atoms with Gasteiger partial charge in [0.05, 0.1) is 6.54 Å². The maximum absolute atomic E-state index is 14.0. The lowest BCUT2D eigenvalue weighted by atomic mass is 9.94. The second-order valence-corrected chi connectivity index (χ2v) is 11.7. The molecule has 3 aliphatic rings. The van der Waals surface area contributed by atoms with Gasteiger partial charge in [0.25, 0.3) is 5.91 Å². The first kappa shape index (κ1) is 29.3. The maximum atomic E-state index is 14.0. The number of hydroxylamine groups is 2. The van der Waals surface area contributed by atoms with E-state index in [0.717, 1.165) is 57.2 Å².